The van der Waals surface area contributed by atoms with Crippen LogP contribution >= 0.6 is 11.3 Å². The molecule has 0 atom stereocenters. The number of ether oxygens (including phenoxy) is 3. The summed E-state index contributed by atoms with van der Waals surface area (Å²) < 4.78 is 18.9. The predicted octanol–water partition coefficient (Wildman–Crippen LogP) is 5.75. The van der Waals surface area contributed by atoms with E-state index in [4.69, 9.17) is 19.2 Å². The second-order valence-electron chi connectivity index (χ2n) is 7.52. The van der Waals surface area contributed by atoms with Gasteiger partial charge in [0.2, 0.25) is 10.9 Å². The van der Waals surface area contributed by atoms with Crippen molar-refractivity contribution >= 4 is 23.1 Å². The molecule has 0 fully saturated rings. The molecule has 35 heavy (non-hydrogen) atoms. The number of aryl methyl sites for hydroxylation is 1. The minimum Gasteiger partial charge on any atom is -0.490 e. The number of benzene rings is 2. The van der Waals surface area contributed by atoms with Gasteiger partial charge < -0.3 is 19.5 Å². The highest BCUT2D eigenvalue weighted by Gasteiger charge is 2.20. The Hall–Kier alpha value is -3.85. The third-order valence-corrected chi connectivity index (χ3v) is 5.80. The third-order valence-electron chi connectivity index (χ3n) is 4.99. The van der Waals surface area contributed by atoms with Gasteiger partial charge in [-0.3, -0.25) is 4.79 Å². The van der Waals surface area contributed by atoms with Gasteiger partial charge in [0.05, 0.1) is 31.2 Å². The van der Waals surface area contributed by atoms with Crippen LogP contribution < -0.4 is 19.5 Å². The predicted molar refractivity (Wildman–Crippen MR) is 137 cm³/mol. The average Bonchev–Trinajstić information content (AvgIpc) is 3.48. The van der Waals surface area contributed by atoms with Gasteiger partial charge in [-0.2, -0.15) is 9.78 Å². The maximum absolute atomic E-state index is 13.3. The van der Waals surface area contributed by atoms with Crippen molar-refractivity contribution in [2.24, 2.45) is 0 Å². The minimum absolute atomic E-state index is 0.323. The summed E-state index contributed by atoms with van der Waals surface area (Å²) >= 11 is 1.45. The molecule has 182 valence electrons. The van der Waals surface area contributed by atoms with E-state index >= 15 is 0 Å². The van der Waals surface area contributed by atoms with Gasteiger partial charge >= 0.3 is 0 Å². The lowest BCUT2D eigenvalue weighted by Crippen LogP contribution is -2.16. The average molecular weight is 493 g/mol. The zero-order chi connectivity index (χ0) is 24.8. The second-order valence-corrected chi connectivity index (χ2v) is 8.36. The van der Waals surface area contributed by atoms with Crippen molar-refractivity contribution in [1.82, 2.24) is 14.8 Å². The highest BCUT2D eigenvalue weighted by molar-refractivity contribution is 7.12. The van der Waals surface area contributed by atoms with Crippen LogP contribution in [0.1, 0.15) is 36.8 Å². The zero-order valence-corrected chi connectivity index (χ0v) is 21.0. The largest absolute Gasteiger partial charge is 0.490 e. The van der Waals surface area contributed by atoms with E-state index in [2.05, 4.69) is 10.4 Å². The lowest BCUT2D eigenvalue weighted by Gasteiger charge is -2.17. The summed E-state index contributed by atoms with van der Waals surface area (Å²) in [4.78, 5) is 18.0. The third kappa shape index (κ3) is 5.46. The number of thiazole rings is 1. The maximum Gasteiger partial charge on any atom is 0.257 e. The second kappa shape index (κ2) is 11.1. The van der Waals surface area contributed by atoms with Crippen molar-refractivity contribution in [3.05, 3.63) is 65.2 Å². The Balaban J connectivity index is 1.65. The Morgan fingerprint density at radius 1 is 0.971 bits per heavy atom. The summed E-state index contributed by atoms with van der Waals surface area (Å²) in [7, 11) is 0. The van der Waals surface area contributed by atoms with Gasteiger partial charge in [-0.05, 0) is 39.8 Å². The highest BCUT2D eigenvalue weighted by atomic mass is 32.1. The minimum atomic E-state index is -0.323. The molecule has 0 aliphatic carbocycles. The Kier molecular flexibility index (Phi) is 7.67. The summed E-state index contributed by atoms with van der Waals surface area (Å²) in [5.74, 6) is 1.61. The topological polar surface area (TPSA) is 87.5 Å². The molecule has 0 saturated heterocycles. The van der Waals surface area contributed by atoms with E-state index in [0.717, 1.165) is 17.0 Å². The lowest BCUT2D eigenvalue weighted by molar-refractivity contribution is 0.102. The molecule has 4 rings (SSSR count). The van der Waals surface area contributed by atoms with E-state index in [1.807, 2.05) is 69.5 Å². The summed E-state index contributed by atoms with van der Waals surface area (Å²) in [5, 5.41) is 10.1. The van der Waals surface area contributed by atoms with E-state index in [1.165, 1.54) is 11.3 Å². The fraction of sp³-hybridized carbons (Fsp3) is 0.269. The van der Waals surface area contributed by atoms with E-state index in [-0.39, 0.29) is 5.91 Å². The first-order valence-corrected chi connectivity index (χ1v) is 12.4. The number of amides is 1. The first kappa shape index (κ1) is 24.3. The van der Waals surface area contributed by atoms with E-state index in [9.17, 15) is 4.79 Å². The molecule has 0 unspecified atom stereocenters. The molecule has 0 aliphatic rings. The Labute approximate surface area is 208 Å². The Bertz CT molecular complexity index is 1270. The molecule has 8 nitrogen and oxygen atoms in total. The lowest BCUT2D eigenvalue weighted by atomic mass is 10.1. The first-order chi connectivity index (χ1) is 17.0. The summed E-state index contributed by atoms with van der Waals surface area (Å²) in [6.45, 7) is 8.81. The number of rotatable bonds is 10. The van der Waals surface area contributed by atoms with E-state index in [0.29, 0.717) is 53.6 Å². The van der Waals surface area contributed by atoms with Crippen LogP contribution in [-0.4, -0.2) is 40.5 Å². The van der Waals surface area contributed by atoms with Gasteiger partial charge in [-0.1, -0.05) is 30.3 Å². The standard InChI is InChI=1S/C26H28N4O4S/c1-5-32-21-14-19(15-22(33-6-2)24(21)34-7-3)25(31)28-23-13-17(4)29-30(23)26-27-20(16-35-26)18-11-9-8-10-12-18/h8-16H,5-7H2,1-4H3,(H,28,31). The van der Waals surface area contributed by atoms with Gasteiger partial charge in [-0.25, -0.2) is 4.98 Å². The molecular weight excluding hydrogens is 464 g/mol. The van der Waals surface area contributed by atoms with Crippen LogP contribution in [0.3, 0.4) is 0 Å². The molecule has 9 heteroatoms. The first-order valence-electron chi connectivity index (χ1n) is 11.5. The molecule has 1 amide bonds. The van der Waals surface area contributed by atoms with E-state index < -0.39 is 0 Å². The van der Waals surface area contributed by atoms with Crippen LogP contribution in [0, 0.1) is 6.92 Å². The molecule has 0 bridgehead atoms. The zero-order valence-electron chi connectivity index (χ0n) is 20.2. The number of aromatic nitrogens is 3. The molecule has 0 spiro atoms. The molecule has 0 radical (unpaired) electrons. The van der Waals surface area contributed by atoms with E-state index in [1.54, 1.807) is 16.8 Å². The van der Waals surface area contributed by atoms with Gasteiger partial charge in [0.1, 0.15) is 5.82 Å². The Morgan fingerprint density at radius 2 is 1.63 bits per heavy atom. The van der Waals surface area contributed by atoms with Crippen molar-refractivity contribution < 1.29 is 19.0 Å². The van der Waals surface area contributed by atoms with Gasteiger partial charge in [0.25, 0.3) is 5.91 Å². The molecule has 2 aromatic heterocycles. The van der Waals surface area contributed by atoms with Crippen LogP contribution in [0.4, 0.5) is 5.82 Å². The number of hydrogen-bond donors (Lipinski definition) is 1. The van der Waals surface area contributed by atoms with Crippen LogP contribution in [0.25, 0.3) is 16.4 Å². The summed E-state index contributed by atoms with van der Waals surface area (Å²) in [5.41, 5.74) is 3.01. The van der Waals surface area contributed by atoms with Crippen molar-refractivity contribution in [2.75, 3.05) is 25.1 Å². The number of nitrogens with zero attached hydrogens (tertiary/aromatic N) is 3. The fourth-order valence-corrected chi connectivity index (χ4v) is 4.34. The number of hydrogen-bond acceptors (Lipinski definition) is 7. The molecule has 2 heterocycles. The van der Waals surface area contributed by atoms with Crippen molar-refractivity contribution in [1.29, 1.82) is 0 Å². The fourth-order valence-electron chi connectivity index (χ4n) is 3.55. The van der Waals surface area contributed by atoms with Gasteiger partial charge in [0, 0.05) is 22.6 Å². The molecule has 1 N–H and O–H groups in total. The highest BCUT2D eigenvalue weighted by Crippen LogP contribution is 2.39. The summed E-state index contributed by atoms with van der Waals surface area (Å²) in [6, 6.07) is 15.1. The van der Waals surface area contributed by atoms with Crippen LogP contribution in [0.15, 0.2) is 53.9 Å². The quantitative estimate of drug-likeness (QED) is 0.303. The van der Waals surface area contributed by atoms with Crippen LogP contribution in [-0.2, 0) is 0 Å². The number of carbonyl (C=O) groups excluding carboxylic acids is 1. The van der Waals surface area contributed by atoms with Gasteiger partial charge in [0.15, 0.2) is 11.5 Å². The SMILES string of the molecule is CCOc1cc(C(=O)Nc2cc(C)nn2-c2nc(-c3ccccc3)cs2)cc(OCC)c1OCC. The van der Waals surface area contributed by atoms with Gasteiger partial charge in [-0.15, -0.1) is 11.3 Å². The molecule has 2 aromatic carbocycles. The number of carbonyl (C=O) groups is 1. The number of anilines is 1. The molecule has 4 aromatic rings. The van der Waals surface area contributed by atoms with Crippen molar-refractivity contribution in [3.63, 3.8) is 0 Å². The van der Waals surface area contributed by atoms with Crippen molar-refractivity contribution in [2.45, 2.75) is 27.7 Å². The maximum atomic E-state index is 13.3. The number of nitrogens with one attached hydrogen (secondary N) is 1. The summed E-state index contributed by atoms with van der Waals surface area (Å²) in [6.07, 6.45) is 0. The smallest absolute Gasteiger partial charge is 0.257 e. The normalized spacial score (nSPS) is 10.7. The van der Waals surface area contributed by atoms with Crippen LogP contribution in [0.5, 0.6) is 17.2 Å². The monoisotopic (exact) mass is 492 g/mol. The molecule has 0 aliphatic heterocycles. The van der Waals surface area contributed by atoms with Crippen LogP contribution in [0.2, 0.25) is 0 Å². The molecule has 0 saturated carbocycles. The Morgan fingerprint density at radius 3 is 2.26 bits per heavy atom. The van der Waals surface area contributed by atoms with Crippen molar-refractivity contribution in [3.8, 4) is 33.6 Å². The molecular formula is C26H28N4O4S.